The van der Waals surface area contributed by atoms with Gasteiger partial charge >= 0.3 is 0 Å². The minimum atomic E-state index is -3.10. The minimum Gasteiger partial charge on any atom is -0.375 e. The van der Waals surface area contributed by atoms with Crippen molar-refractivity contribution in [3.8, 4) is 11.4 Å². The van der Waals surface area contributed by atoms with Crippen molar-refractivity contribution in [2.24, 2.45) is 13.0 Å². The highest BCUT2D eigenvalue weighted by atomic mass is 35.5. The molecule has 0 saturated carbocycles. The highest BCUT2D eigenvalue weighted by Crippen LogP contribution is 2.41. The van der Waals surface area contributed by atoms with E-state index in [0.717, 1.165) is 5.39 Å². The molecule has 0 aliphatic carbocycles. The molecule has 1 aliphatic rings. The average Bonchev–Trinajstić information content (AvgIpc) is 3.17. The first-order valence-electron chi connectivity index (χ1n) is 11.9. The average molecular weight is 559 g/mol. The molecule has 4 aromatic rings. The number of sulfone groups is 1. The summed E-state index contributed by atoms with van der Waals surface area (Å²) < 4.78 is 40.6. The molecule has 0 unspecified atom stereocenters. The van der Waals surface area contributed by atoms with Gasteiger partial charge in [-0.2, -0.15) is 5.10 Å². The van der Waals surface area contributed by atoms with Crippen LogP contribution in [-0.2, 0) is 16.9 Å². The molecule has 2 atom stereocenters. The fourth-order valence-corrected chi connectivity index (χ4v) is 6.31. The Labute approximate surface area is 225 Å². The number of nitrogens with one attached hydrogen (secondary N) is 1. The summed E-state index contributed by atoms with van der Waals surface area (Å²) in [5.74, 6) is 1.11. The lowest BCUT2D eigenvalue weighted by Gasteiger charge is -2.48. The maximum Gasteiger partial charge on any atom is 0.166 e. The molecular weight excluding hydrogens is 531 g/mol. The van der Waals surface area contributed by atoms with E-state index in [4.69, 9.17) is 11.6 Å². The van der Waals surface area contributed by atoms with Crippen molar-refractivity contribution < 1.29 is 12.8 Å². The molecule has 38 heavy (non-hydrogen) atoms. The van der Waals surface area contributed by atoms with Gasteiger partial charge in [0.1, 0.15) is 27.3 Å². The van der Waals surface area contributed by atoms with Crippen LogP contribution in [0.2, 0.25) is 5.15 Å². The third kappa shape index (κ3) is 4.97. The van der Waals surface area contributed by atoms with Crippen molar-refractivity contribution in [2.75, 3.05) is 47.8 Å². The van der Waals surface area contributed by atoms with Gasteiger partial charge in [-0.25, -0.2) is 27.8 Å². The second-order valence-electron chi connectivity index (χ2n) is 9.88. The lowest BCUT2D eigenvalue weighted by molar-refractivity contribution is 0.341. The first-order chi connectivity index (χ1) is 17.9. The van der Waals surface area contributed by atoms with Crippen LogP contribution in [0.3, 0.4) is 0 Å². The van der Waals surface area contributed by atoms with Gasteiger partial charge in [0.2, 0.25) is 0 Å². The quantitative estimate of drug-likeness (QED) is 0.361. The molecule has 1 aromatic carbocycles. The third-order valence-electron chi connectivity index (χ3n) is 6.74. The second-order valence-corrected chi connectivity index (χ2v) is 12.4. The van der Waals surface area contributed by atoms with Crippen molar-refractivity contribution in [3.05, 3.63) is 47.8 Å². The molecule has 200 valence electrons. The summed E-state index contributed by atoms with van der Waals surface area (Å²) in [5, 5.41) is 9.05. The molecule has 0 bridgehead atoms. The molecular formula is C25H28ClFN8O2S. The first-order valence-corrected chi connectivity index (χ1v) is 14.4. The van der Waals surface area contributed by atoms with Crippen molar-refractivity contribution >= 4 is 55.2 Å². The molecule has 0 amide bonds. The number of hydrogen-bond donors (Lipinski definition) is 1. The van der Waals surface area contributed by atoms with Gasteiger partial charge in [-0.1, -0.05) is 11.6 Å². The minimum absolute atomic E-state index is 0.00851. The Morgan fingerprint density at radius 2 is 1.97 bits per heavy atom. The first kappa shape index (κ1) is 26.1. The Bertz CT molecular complexity index is 1640. The van der Waals surface area contributed by atoms with Crippen LogP contribution < -0.4 is 15.1 Å². The Balaban J connectivity index is 1.50. The molecule has 13 heteroatoms. The van der Waals surface area contributed by atoms with E-state index in [2.05, 4.69) is 25.4 Å². The van der Waals surface area contributed by atoms with Crippen LogP contribution in [0, 0.1) is 11.7 Å². The van der Waals surface area contributed by atoms with Crippen molar-refractivity contribution in [1.29, 1.82) is 0 Å². The maximum atomic E-state index is 15.4. The highest BCUT2D eigenvalue weighted by molar-refractivity contribution is 7.90. The van der Waals surface area contributed by atoms with Gasteiger partial charge in [-0.05, 0) is 19.1 Å². The molecule has 1 fully saturated rings. The van der Waals surface area contributed by atoms with E-state index in [1.165, 1.54) is 12.3 Å². The fourth-order valence-electron chi connectivity index (χ4n) is 4.90. The largest absolute Gasteiger partial charge is 0.375 e. The number of hydrogen-bond acceptors (Lipinski definition) is 9. The normalized spacial score (nSPS) is 17.5. The van der Waals surface area contributed by atoms with E-state index in [1.807, 2.05) is 11.8 Å². The van der Waals surface area contributed by atoms with Gasteiger partial charge in [0.05, 0.1) is 17.0 Å². The Morgan fingerprint density at radius 3 is 2.61 bits per heavy atom. The van der Waals surface area contributed by atoms with Crippen LogP contribution in [0.4, 0.5) is 27.4 Å². The topological polar surface area (TPSA) is 109 Å². The van der Waals surface area contributed by atoms with Gasteiger partial charge < -0.3 is 15.1 Å². The molecule has 1 aliphatic heterocycles. The molecule has 1 saturated heterocycles. The van der Waals surface area contributed by atoms with Gasteiger partial charge in [-0.3, -0.25) is 4.68 Å². The lowest BCUT2D eigenvalue weighted by Crippen LogP contribution is -2.57. The van der Waals surface area contributed by atoms with E-state index in [0.29, 0.717) is 51.5 Å². The van der Waals surface area contributed by atoms with E-state index < -0.39 is 9.84 Å². The van der Waals surface area contributed by atoms with E-state index in [1.54, 1.807) is 61.4 Å². The predicted octanol–water partition coefficient (Wildman–Crippen LogP) is 3.90. The summed E-state index contributed by atoms with van der Waals surface area (Å²) in [6.45, 7) is 2.50. The number of aryl methyl sites for hydroxylation is 1. The smallest absolute Gasteiger partial charge is 0.166 e. The van der Waals surface area contributed by atoms with Crippen LogP contribution >= 0.6 is 11.6 Å². The summed E-state index contributed by atoms with van der Waals surface area (Å²) in [6, 6.07) is 4.95. The van der Waals surface area contributed by atoms with Crippen LogP contribution in [0.1, 0.15) is 6.92 Å². The molecule has 5 rings (SSSR count). The second kappa shape index (κ2) is 9.66. The number of anilines is 4. The van der Waals surface area contributed by atoms with Crippen molar-refractivity contribution in [1.82, 2.24) is 24.7 Å². The lowest BCUT2D eigenvalue weighted by atomic mass is 9.90. The van der Waals surface area contributed by atoms with Gasteiger partial charge in [0.15, 0.2) is 11.0 Å². The van der Waals surface area contributed by atoms with Crippen molar-refractivity contribution in [3.63, 3.8) is 0 Å². The fraction of sp³-hybridized carbons (Fsp3) is 0.360. The molecule has 0 spiro atoms. The monoisotopic (exact) mass is 558 g/mol. The summed E-state index contributed by atoms with van der Waals surface area (Å²) >= 11 is 6.21. The van der Waals surface area contributed by atoms with Crippen molar-refractivity contribution in [2.45, 2.75) is 13.0 Å². The molecule has 0 radical (unpaired) electrons. The zero-order valence-electron chi connectivity index (χ0n) is 21.6. The Hall–Kier alpha value is -3.51. The molecule has 10 nitrogen and oxygen atoms in total. The van der Waals surface area contributed by atoms with Crippen LogP contribution in [0.15, 0.2) is 36.8 Å². The highest BCUT2D eigenvalue weighted by Gasteiger charge is 2.38. The van der Waals surface area contributed by atoms with E-state index in [-0.39, 0.29) is 23.5 Å². The Morgan fingerprint density at radius 1 is 1.21 bits per heavy atom. The number of benzene rings is 1. The zero-order chi connectivity index (χ0) is 27.4. The maximum absolute atomic E-state index is 15.4. The number of pyridine rings is 1. The number of rotatable bonds is 7. The summed E-state index contributed by atoms with van der Waals surface area (Å²) in [7, 11) is 2.23. The summed E-state index contributed by atoms with van der Waals surface area (Å²) in [6.07, 6.45) is 6.29. The zero-order valence-corrected chi connectivity index (χ0v) is 23.2. The summed E-state index contributed by atoms with van der Waals surface area (Å²) in [5.41, 5.74) is 1.72. The van der Waals surface area contributed by atoms with Gasteiger partial charge in [-0.15, -0.1) is 0 Å². The predicted molar refractivity (Wildman–Crippen MR) is 149 cm³/mol. The number of nitrogens with zero attached hydrogens (tertiary/aromatic N) is 7. The van der Waals surface area contributed by atoms with Crippen LogP contribution in [-0.4, -0.2) is 71.8 Å². The van der Waals surface area contributed by atoms with Gasteiger partial charge in [0.25, 0.3) is 0 Å². The SMILES string of the molecule is C[C@@H]1[C@@H](CS(C)(=O)=O)CN1c1cc(F)c(N(C)C)c2cc(Nc3ccnc(-c4cn(C)nc4Cl)n3)ncc12. The number of halogens is 2. The molecule has 4 heterocycles. The number of fused-ring (bicyclic) bond motifs is 1. The molecule has 3 aromatic heterocycles. The standard InChI is InChI=1S/C25H28ClFN8O2S/c1-14-15(13-38(5,36)37)11-35(14)20-9-19(27)23(33(2)3)16-8-22(29-10-17(16)20)30-21-6-7-28-25(31-21)18-12-34(4)32-24(18)26/h6-10,12,14-15H,11,13H2,1-5H3,(H,28,29,30,31)/t14-,15-/m1/s1. The van der Waals surface area contributed by atoms with Crippen LogP contribution in [0.25, 0.3) is 22.2 Å². The van der Waals surface area contributed by atoms with Gasteiger partial charge in [0, 0.05) is 87.0 Å². The molecule has 1 N–H and O–H groups in total. The number of aromatic nitrogens is 5. The van der Waals surface area contributed by atoms with E-state index >= 15 is 4.39 Å². The summed E-state index contributed by atoms with van der Waals surface area (Å²) in [4.78, 5) is 17.2. The Kier molecular flexibility index (Phi) is 6.64. The third-order valence-corrected chi connectivity index (χ3v) is 8.05. The van der Waals surface area contributed by atoms with Crippen LogP contribution in [0.5, 0.6) is 0 Å². The van der Waals surface area contributed by atoms with E-state index in [9.17, 15) is 8.42 Å².